The van der Waals surface area contributed by atoms with Gasteiger partial charge in [-0.3, -0.25) is 0 Å². The molecule has 0 amide bonds. The van der Waals surface area contributed by atoms with E-state index in [0.717, 1.165) is 21.5 Å². The topological polar surface area (TPSA) is 52.6 Å². The number of aromatic nitrogens is 1. The highest BCUT2D eigenvalue weighted by atomic mass is 79.9. The summed E-state index contributed by atoms with van der Waals surface area (Å²) >= 11 is 3.59. The van der Waals surface area contributed by atoms with E-state index in [0.29, 0.717) is 25.6 Å². The molecule has 0 atom stereocenters. The van der Waals surface area contributed by atoms with Crippen LogP contribution in [-0.2, 0) is 6.54 Å². The van der Waals surface area contributed by atoms with Gasteiger partial charge in [0.05, 0.1) is 13.2 Å². The number of methoxy groups -OCH3 is 1. The lowest BCUT2D eigenvalue weighted by atomic mass is 10.1. The molecule has 0 aliphatic carbocycles. The summed E-state index contributed by atoms with van der Waals surface area (Å²) in [6.07, 6.45) is 1.78. The highest BCUT2D eigenvalue weighted by Gasteiger charge is 2.15. The Kier molecular flexibility index (Phi) is 7.34. The average molecular weight is 395 g/mol. The fourth-order valence-corrected chi connectivity index (χ4v) is 2.60. The molecule has 6 heteroatoms. The van der Waals surface area contributed by atoms with Crippen LogP contribution in [-0.4, -0.2) is 31.3 Å². The van der Waals surface area contributed by atoms with Crippen molar-refractivity contribution in [3.8, 4) is 17.4 Å². The van der Waals surface area contributed by atoms with E-state index in [1.165, 1.54) is 0 Å². The summed E-state index contributed by atoms with van der Waals surface area (Å²) in [4.78, 5) is 4.12. The molecular weight excluding hydrogens is 372 g/mol. The third-order valence-corrected chi connectivity index (χ3v) is 3.95. The Balaban J connectivity index is 1.93. The maximum Gasteiger partial charge on any atom is 0.213 e. The predicted molar refractivity (Wildman–Crippen MR) is 97.9 cm³/mol. The lowest BCUT2D eigenvalue weighted by Crippen LogP contribution is -2.22. The van der Waals surface area contributed by atoms with Crippen molar-refractivity contribution in [3.63, 3.8) is 0 Å². The number of benzene rings is 1. The number of halogens is 1. The van der Waals surface area contributed by atoms with Gasteiger partial charge in [-0.2, -0.15) is 0 Å². The molecule has 0 fully saturated rings. The van der Waals surface area contributed by atoms with Crippen LogP contribution in [0.5, 0.6) is 17.4 Å². The number of hydrogen-bond acceptors (Lipinski definition) is 5. The zero-order valence-electron chi connectivity index (χ0n) is 14.2. The number of hydrogen-bond donors (Lipinski definition) is 1. The summed E-state index contributed by atoms with van der Waals surface area (Å²) in [5.74, 6) is 2.12. The molecule has 2 aromatic rings. The molecule has 1 heterocycles. The van der Waals surface area contributed by atoms with Crippen molar-refractivity contribution in [2.75, 3.05) is 20.3 Å². The molecule has 24 heavy (non-hydrogen) atoms. The van der Waals surface area contributed by atoms with Crippen molar-refractivity contribution >= 4 is 15.9 Å². The molecule has 5 nitrogen and oxygen atoms in total. The van der Waals surface area contributed by atoms with E-state index in [1.807, 2.05) is 44.2 Å². The second-order valence-corrected chi connectivity index (χ2v) is 6.27. The van der Waals surface area contributed by atoms with Crippen molar-refractivity contribution in [2.24, 2.45) is 0 Å². The Labute approximate surface area is 151 Å². The van der Waals surface area contributed by atoms with Crippen LogP contribution in [0.3, 0.4) is 0 Å². The van der Waals surface area contributed by atoms with Gasteiger partial charge in [-0.15, -0.1) is 0 Å². The van der Waals surface area contributed by atoms with Crippen LogP contribution in [0.1, 0.15) is 19.4 Å². The Morgan fingerprint density at radius 1 is 1.21 bits per heavy atom. The molecule has 0 bridgehead atoms. The first-order valence-electron chi connectivity index (χ1n) is 7.88. The van der Waals surface area contributed by atoms with Gasteiger partial charge < -0.3 is 19.5 Å². The minimum atomic E-state index is 0.0689. The molecular formula is C18H23BrN2O3. The first-order chi connectivity index (χ1) is 11.6. The summed E-state index contributed by atoms with van der Waals surface area (Å²) < 4.78 is 17.9. The lowest BCUT2D eigenvalue weighted by Gasteiger charge is -2.19. The summed E-state index contributed by atoms with van der Waals surface area (Å²) in [6, 6.07) is 9.47. The fraction of sp³-hybridized carbons (Fsp3) is 0.389. The van der Waals surface area contributed by atoms with Crippen molar-refractivity contribution in [1.82, 2.24) is 10.3 Å². The summed E-state index contributed by atoms with van der Waals surface area (Å²) in [7, 11) is 1.65. The van der Waals surface area contributed by atoms with Crippen molar-refractivity contribution in [1.29, 1.82) is 0 Å². The normalized spacial score (nSPS) is 10.7. The van der Waals surface area contributed by atoms with E-state index in [9.17, 15) is 0 Å². The second-order valence-electron chi connectivity index (χ2n) is 5.42. The Bertz CT molecular complexity index is 636. The number of ether oxygens (including phenoxy) is 3. The van der Waals surface area contributed by atoms with Crippen LogP contribution in [0.2, 0.25) is 0 Å². The molecule has 0 aliphatic rings. The zero-order chi connectivity index (χ0) is 17.4. The zero-order valence-corrected chi connectivity index (χ0v) is 15.8. The first kappa shape index (κ1) is 18.5. The summed E-state index contributed by atoms with van der Waals surface area (Å²) in [5, 5.41) is 3.36. The monoisotopic (exact) mass is 394 g/mol. The van der Waals surface area contributed by atoms with Crippen molar-refractivity contribution in [3.05, 3.63) is 46.6 Å². The second kappa shape index (κ2) is 9.49. The minimum Gasteiger partial charge on any atom is -0.493 e. The predicted octanol–water partition coefficient (Wildman–Crippen LogP) is 3.81. The minimum absolute atomic E-state index is 0.0689. The number of rotatable bonds is 9. The molecule has 1 N–H and O–H groups in total. The van der Waals surface area contributed by atoms with E-state index in [4.69, 9.17) is 14.2 Å². The average Bonchev–Trinajstić information content (AvgIpc) is 2.57. The molecule has 2 rings (SSSR count). The van der Waals surface area contributed by atoms with Crippen LogP contribution in [0.25, 0.3) is 0 Å². The molecule has 1 aromatic carbocycles. The standard InChI is InChI=1S/C18H23BrN2O3/c1-13(2)24-18-14(15(19)7-8-16(18)22-3)12-20-10-11-23-17-6-4-5-9-21-17/h4-9,13,20H,10-12H2,1-3H3. The molecule has 0 unspecified atom stereocenters. The highest BCUT2D eigenvalue weighted by molar-refractivity contribution is 9.10. The van der Waals surface area contributed by atoms with Gasteiger partial charge in [0, 0.05) is 35.4 Å². The van der Waals surface area contributed by atoms with Crippen LogP contribution >= 0.6 is 15.9 Å². The smallest absolute Gasteiger partial charge is 0.213 e. The molecule has 0 saturated heterocycles. The molecule has 130 valence electrons. The maximum atomic E-state index is 5.94. The number of nitrogens with one attached hydrogen (secondary N) is 1. The van der Waals surface area contributed by atoms with E-state index < -0.39 is 0 Å². The van der Waals surface area contributed by atoms with E-state index in [2.05, 4.69) is 26.2 Å². The fourth-order valence-electron chi connectivity index (χ4n) is 2.15. The van der Waals surface area contributed by atoms with Gasteiger partial charge in [-0.05, 0) is 32.0 Å². The van der Waals surface area contributed by atoms with E-state index in [1.54, 1.807) is 13.3 Å². The molecule has 0 radical (unpaired) electrons. The Morgan fingerprint density at radius 3 is 2.71 bits per heavy atom. The van der Waals surface area contributed by atoms with E-state index >= 15 is 0 Å². The van der Waals surface area contributed by atoms with Gasteiger partial charge in [-0.1, -0.05) is 22.0 Å². The molecule has 1 aromatic heterocycles. The summed E-state index contributed by atoms with van der Waals surface area (Å²) in [5.41, 5.74) is 1.03. The number of pyridine rings is 1. The van der Waals surface area contributed by atoms with Crippen LogP contribution in [0.15, 0.2) is 41.0 Å². The van der Waals surface area contributed by atoms with E-state index in [-0.39, 0.29) is 6.10 Å². The van der Waals surface area contributed by atoms with Crippen molar-refractivity contribution < 1.29 is 14.2 Å². The SMILES string of the molecule is COc1ccc(Br)c(CNCCOc2ccccn2)c1OC(C)C. The van der Waals surface area contributed by atoms with Crippen LogP contribution in [0.4, 0.5) is 0 Å². The molecule has 0 aliphatic heterocycles. The summed E-state index contributed by atoms with van der Waals surface area (Å²) in [6.45, 7) is 5.88. The quantitative estimate of drug-likeness (QED) is 0.655. The van der Waals surface area contributed by atoms with Gasteiger partial charge in [0.25, 0.3) is 0 Å². The lowest BCUT2D eigenvalue weighted by molar-refractivity contribution is 0.226. The maximum absolute atomic E-state index is 5.94. The first-order valence-corrected chi connectivity index (χ1v) is 8.67. The van der Waals surface area contributed by atoms with Crippen LogP contribution < -0.4 is 19.5 Å². The van der Waals surface area contributed by atoms with Gasteiger partial charge in [0.2, 0.25) is 5.88 Å². The Hall–Kier alpha value is -1.79. The largest absolute Gasteiger partial charge is 0.493 e. The van der Waals surface area contributed by atoms with Gasteiger partial charge in [-0.25, -0.2) is 4.98 Å². The number of nitrogens with zero attached hydrogens (tertiary/aromatic N) is 1. The third-order valence-electron chi connectivity index (χ3n) is 3.21. The Morgan fingerprint density at radius 2 is 2.04 bits per heavy atom. The van der Waals surface area contributed by atoms with Gasteiger partial charge in [0.15, 0.2) is 11.5 Å². The van der Waals surface area contributed by atoms with Gasteiger partial charge in [0.1, 0.15) is 6.61 Å². The third kappa shape index (κ3) is 5.39. The molecule has 0 spiro atoms. The molecule has 0 saturated carbocycles. The van der Waals surface area contributed by atoms with Gasteiger partial charge >= 0.3 is 0 Å². The van der Waals surface area contributed by atoms with Crippen LogP contribution in [0, 0.1) is 0 Å². The van der Waals surface area contributed by atoms with Crippen molar-refractivity contribution in [2.45, 2.75) is 26.5 Å². The highest BCUT2D eigenvalue weighted by Crippen LogP contribution is 2.36.